The summed E-state index contributed by atoms with van der Waals surface area (Å²) in [7, 11) is 0. The van der Waals surface area contributed by atoms with Crippen LogP contribution < -0.4 is 10.2 Å². The largest absolute Gasteiger partial charge is 0.481 e. The molecule has 4 nitrogen and oxygen atoms in total. The predicted octanol–water partition coefficient (Wildman–Crippen LogP) is 1.66. The summed E-state index contributed by atoms with van der Waals surface area (Å²) in [5, 5.41) is 9.69. The van der Waals surface area contributed by atoms with Crippen molar-refractivity contribution in [3.8, 4) is 5.75 Å². The van der Waals surface area contributed by atoms with Crippen LogP contribution in [0.2, 0.25) is 0 Å². The Bertz CT molecular complexity index is 619. The molecule has 0 aliphatic rings. The topological polar surface area (TPSA) is 63.6 Å². The molecule has 0 radical (unpaired) electrons. The van der Waals surface area contributed by atoms with Gasteiger partial charge in [-0.05, 0) is 17.5 Å². The summed E-state index contributed by atoms with van der Waals surface area (Å²) < 4.78 is 5.10. The lowest BCUT2D eigenvalue weighted by Gasteiger charge is -2.04. The standard InChI is InChI=1S/C13H10O4/c14-10-6-2-1-4-9-5-3-7-11(13(9)10)17-8-12(15)16/h1-7H,8H2,(H,15,16). The second kappa shape index (κ2) is 4.65. The number of ether oxygens (including phenoxy) is 1. The molecular weight excluding hydrogens is 220 g/mol. The summed E-state index contributed by atoms with van der Waals surface area (Å²) in [5.74, 6) is -0.777. The van der Waals surface area contributed by atoms with E-state index in [0.717, 1.165) is 5.39 Å². The maximum absolute atomic E-state index is 11.8. The van der Waals surface area contributed by atoms with E-state index in [1.807, 2.05) is 0 Å². The third kappa shape index (κ3) is 2.42. The van der Waals surface area contributed by atoms with E-state index in [1.54, 1.807) is 36.4 Å². The molecule has 0 aliphatic heterocycles. The Labute approximate surface area is 97.1 Å². The van der Waals surface area contributed by atoms with Crippen LogP contribution in [0.4, 0.5) is 0 Å². The minimum Gasteiger partial charge on any atom is -0.481 e. The lowest BCUT2D eigenvalue weighted by Crippen LogP contribution is -2.10. The number of carbonyl (C=O) groups is 1. The molecule has 0 heterocycles. The Hall–Kier alpha value is -2.36. The van der Waals surface area contributed by atoms with Gasteiger partial charge >= 0.3 is 5.97 Å². The molecule has 0 spiro atoms. The lowest BCUT2D eigenvalue weighted by atomic mass is 10.1. The first-order valence-electron chi connectivity index (χ1n) is 5.05. The molecule has 1 N–H and O–H groups in total. The van der Waals surface area contributed by atoms with E-state index in [0.29, 0.717) is 11.1 Å². The molecule has 17 heavy (non-hydrogen) atoms. The minimum atomic E-state index is -1.07. The Balaban J connectivity index is 2.61. The van der Waals surface area contributed by atoms with Gasteiger partial charge in [-0.3, -0.25) is 4.79 Å². The van der Waals surface area contributed by atoms with Crippen LogP contribution in [0.1, 0.15) is 0 Å². The molecule has 4 heteroatoms. The number of rotatable bonds is 3. The van der Waals surface area contributed by atoms with Crippen LogP contribution in [0, 0.1) is 0 Å². The van der Waals surface area contributed by atoms with E-state index >= 15 is 0 Å². The summed E-state index contributed by atoms with van der Waals surface area (Å²) in [4.78, 5) is 22.3. The fourth-order valence-corrected chi connectivity index (χ4v) is 1.60. The third-order valence-corrected chi connectivity index (χ3v) is 2.29. The molecule has 0 aliphatic carbocycles. The van der Waals surface area contributed by atoms with Crippen molar-refractivity contribution in [3.63, 3.8) is 0 Å². The van der Waals surface area contributed by atoms with E-state index in [4.69, 9.17) is 9.84 Å². The van der Waals surface area contributed by atoms with Crippen molar-refractivity contribution in [1.82, 2.24) is 0 Å². The first-order valence-corrected chi connectivity index (χ1v) is 5.05. The minimum absolute atomic E-state index is 0.189. The van der Waals surface area contributed by atoms with Crippen molar-refractivity contribution < 1.29 is 14.6 Å². The Morgan fingerprint density at radius 1 is 1.12 bits per heavy atom. The highest BCUT2D eigenvalue weighted by molar-refractivity contribution is 5.87. The number of carboxylic acids is 1. The Morgan fingerprint density at radius 2 is 1.82 bits per heavy atom. The van der Waals surface area contributed by atoms with Gasteiger partial charge in [0.15, 0.2) is 12.0 Å². The van der Waals surface area contributed by atoms with Crippen molar-refractivity contribution in [2.45, 2.75) is 0 Å². The zero-order valence-corrected chi connectivity index (χ0v) is 8.92. The Morgan fingerprint density at radius 3 is 2.59 bits per heavy atom. The van der Waals surface area contributed by atoms with Gasteiger partial charge in [0.05, 0.1) is 5.39 Å². The normalized spacial score (nSPS) is 10.1. The van der Waals surface area contributed by atoms with Crippen LogP contribution in [0.3, 0.4) is 0 Å². The van der Waals surface area contributed by atoms with Crippen LogP contribution in [0.5, 0.6) is 5.75 Å². The van der Waals surface area contributed by atoms with Gasteiger partial charge in [0.2, 0.25) is 0 Å². The molecule has 86 valence electrons. The molecule has 0 fully saturated rings. The van der Waals surface area contributed by atoms with Crippen molar-refractivity contribution in [2.75, 3.05) is 6.61 Å². The summed E-state index contributed by atoms with van der Waals surface area (Å²) in [6.45, 7) is -0.461. The highest BCUT2D eigenvalue weighted by Crippen LogP contribution is 2.21. The number of hydrogen-bond donors (Lipinski definition) is 1. The number of aliphatic carboxylic acids is 1. The first-order chi connectivity index (χ1) is 8.18. The molecule has 0 amide bonds. The Kier molecular flexibility index (Phi) is 3.05. The fourth-order valence-electron chi connectivity index (χ4n) is 1.60. The van der Waals surface area contributed by atoms with Gasteiger partial charge in [-0.2, -0.15) is 0 Å². The molecule has 0 unspecified atom stereocenters. The molecule has 0 bridgehead atoms. The average Bonchev–Trinajstić information content (AvgIpc) is 2.49. The zero-order valence-electron chi connectivity index (χ0n) is 8.92. The number of hydrogen-bond acceptors (Lipinski definition) is 3. The first kappa shape index (κ1) is 11.1. The van der Waals surface area contributed by atoms with E-state index in [-0.39, 0.29) is 5.43 Å². The number of fused-ring (bicyclic) bond motifs is 1. The summed E-state index contributed by atoms with van der Waals surface area (Å²) in [5.41, 5.74) is -0.189. The molecule has 0 aromatic heterocycles. The van der Waals surface area contributed by atoms with Crippen LogP contribution in [0.25, 0.3) is 10.8 Å². The summed E-state index contributed by atoms with van der Waals surface area (Å²) in [6, 6.07) is 11.7. The SMILES string of the molecule is O=C(O)COc1cccc2ccccc(=O)c12. The van der Waals surface area contributed by atoms with Crippen LogP contribution in [-0.4, -0.2) is 17.7 Å². The quantitative estimate of drug-likeness (QED) is 0.871. The molecule has 0 atom stereocenters. The zero-order chi connectivity index (χ0) is 12.3. The average molecular weight is 230 g/mol. The monoisotopic (exact) mass is 230 g/mol. The van der Waals surface area contributed by atoms with E-state index in [1.165, 1.54) is 6.07 Å². The van der Waals surface area contributed by atoms with E-state index < -0.39 is 12.6 Å². The van der Waals surface area contributed by atoms with Gasteiger partial charge in [0.25, 0.3) is 0 Å². The maximum Gasteiger partial charge on any atom is 0.341 e. The lowest BCUT2D eigenvalue weighted by molar-refractivity contribution is -0.139. The van der Waals surface area contributed by atoms with Crippen molar-refractivity contribution >= 4 is 16.7 Å². The number of benzene rings is 1. The molecule has 2 rings (SSSR count). The molecule has 0 saturated carbocycles. The maximum atomic E-state index is 11.8. The predicted molar refractivity (Wildman–Crippen MR) is 63.3 cm³/mol. The summed E-state index contributed by atoms with van der Waals surface area (Å²) in [6.07, 6.45) is 0. The number of carboxylic acid groups (broad SMARTS) is 1. The van der Waals surface area contributed by atoms with E-state index in [9.17, 15) is 9.59 Å². The van der Waals surface area contributed by atoms with Crippen LogP contribution in [0.15, 0.2) is 47.3 Å². The smallest absolute Gasteiger partial charge is 0.341 e. The van der Waals surface area contributed by atoms with Gasteiger partial charge in [-0.25, -0.2) is 4.79 Å². The second-order valence-corrected chi connectivity index (χ2v) is 3.49. The van der Waals surface area contributed by atoms with Crippen LogP contribution in [-0.2, 0) is 4.79 Å². The van der Waals surface area contributed by atoms with Gasteiger partial charge in [-0.15, -0.1) is 0 Å². The third-order valence-electron chi connectivity index (χ3n) is 2.29. The van der Waals surface area contributed by atoms with Crippen molar-refractivity contribution in [2.24, 2.45) is 0 Å². The van der Waals surface area contributed by atoms with Crippen LogP contribution >= 0.6 is 0 Å². The summed E-state index contributed by atoms with van der Waals surface area (Å²) >= 11 is 0. The highest BCUT2D eigenvalue weighted by atomic mass is 16.5. The fraction of sp³-hybridized carbons (Fsp3) is 0.0769. The highest BCUT2D eigenvalue weighted by Gasteiger charge is 2.06. The molecule has 2 aromatic carbocycles. The van der Waals surface area contributed by atoms with Crippen molar-refractivity contribution in [1.29, 1.82) is 0 Å². The van der Waals surface area contributed by atoms with E-state index in [2.05, 4.69) is 0 Å². The molecule has 2 aromatic rings. The van der Waals surface area contributed by atoms with Gasteiger partial charge in [-0.1, -0.05) is 30.3 Å². The molecule has 0 saturated heterocycles. The van der Waals surface area contributed by atoms with Gasteiger partial charge < -0.3 is 9.84 Å². The van der Waals surface area contributed by atoms with Crippen molar-refractivity contribution in [3.05, 3.63) is 52.7 Å². The van der Waals surface area contributed by atoms with Gasteiger partial charge in [0.1, 0.15) is 5.75 Å². The molecular formula is C13H10O4. The second-order valence-electron chi connectivity index (χ2n) is 3.49. The van der Waals surface area contributed by atoms with Gasteiger partial charge in [0, 0.05) is 0 Å².